The monoisotopic (exact) mass is 418 g/mol. The van der Waals surface area contributed by atoms with E-state index in [1.54, 1.807) is 30.6 Å². The number of hydrogen-bond acceptors (Lipinski definition) is 6. The van der Waals surface area contributed by atoms with Gasteiger partial charge in [0.15, 0.2) is 0 Å². The largest absolute Gasteiger partial charge is 0.486 e. The maximum atomic E-state index is 12.6. The minimum atomic E-state index is -2.81. The van der Waals surface area contributed by atoms with Crippen LogP contribution < -0.4 is 4.74 Å². The molecule has 0 spiro atoms. The predicted molar refractivity (Wildman–Crippen MR) is 108 cm³/mol. The fourth-order valence-electron chi connectivity index (χ4n) is 2.67. The van der Waals surface area contributed by atoms with E-state index < -0.39 is 12.3 Å². The summed E-state index contributed by atoms with van der Waals surface area (Å²) in [5.74, 6) is 6.01. The number of nitrogens with zero attached hydrogens (tertiary/aromatic N) is 4. The number of rotatable bonds is 5. The van der Waals surface area contributed by atoms with Gasteiger partial charge in [0.05, 0.1) is 17.5 Å². The molecule has 0 unspecified atom stereocenters. The third kappa shape index (κ3) is 5.28. The van der Waals surface area contributed by atoms with Gasteiger partial charge in [-0.05, 0) is 42.8 Å². The second-order valence-corrected chi connectivity index (χ2v) is 6.60. The highest BCUT2D eigenvalue weighted by molar-refractivity contribution is 5.50. The molecule has 0 fully saturated rings. The van der Waals surface area contributed by atoms with Crippen LogP contribution >= 0.6 is 0 Å². The van der Waals surface area contributed by atoms with Crippen LogP contribution in [0.2, 0.25) is 0 Å². The highest BCUT2D eigenvalue weighted by Gasteiger charge is 2.17. The second-order valence-electron chi connectivity index (χ2n) is 6.60. The van der Waals surface area contributed by atoms with Crippen LogP contribution in [0.4, 0.5) is 8.78 Å². The summed E-state index contributed by atoms with van der Waals surface area (Å²) in [6.45, 7) is 2.22. The lowest BCUT2D eigenvalue weighted by Gasteiger charge is -2.06. The van der Waals surface area contributed by atoms with Crippen LogP contribution in [0, 0.1) is 18.8 Å². The van der Waals surface area contributed by atoms with Crippen molar-refractivity contribution in [3.63, 3.8) is 0 Å². The molecule has 0 aliphatic heterocycles. The number of aromatic nitrogens is 4. The Labute approximate surface area is 177 Å². The van der Waals surface area contributed by atoms with E-state index in [1.165, 1.54) is 6.20 Å². The Kier molecular flexibility index (Phi) is 5.94. The molecule has 0 bridgehead atoms. The van der Waals surface area contributed by atoms with Crippen molar-refractivity contribution in [2.24, 2.45) is 0 Å². The van der Waals surface area contributed by atoms with Crippen molar-refractivity contribution in [2.45, 2.75) is 20.0 Å². The van der Waals surface area contributed by atoms with E-state index in [0.29, 0.717) is 17.0 Å². The standard InChI is InChI=1S/C23H16F2N4O2/c1-15-3-2-4-16(9-15)5-6-17-10-20(13-26-11-17)30-14-19-8-7-18(12-27-19)22-28-29-23(31-22)21(24)25/h2-4,7-13,21H,14H2,1H3. The van der Waals surface area contributed by atoms with Crippen LogP contribution in [0.15, 0.2) is 65.5 Å². The van der Waals surface area contributed by atoms with Crippen molar-refractivity contribution < 1.29 is 17.9 Å². The van der Waals surface area contributed by atoms with Crippen molar-refractivity contribution in [3.8, 4) is 29.0 Å². The van der Waals surface area contributed by atoms with E-state index in [9.17, 15) is 8.78 Å². The maximum absolute atomic E-state index is 12.6. The molecule has 0 saturated heterocycles. The third-order valence-electron chi connectivity index (χ3n) is 4.17. The molecule has 8 heteroatoms. The van der Waals surface area contributed by atoms with Gasteiger partial charge in [0.1, 0.15) is 12.4 Å². The summed E-state index contributed by atoms with van der Waals surface area (Å²) < 4.78 is 35.8. The predicted octanol–water partition coefficient (Wildman–Crippen LogP) is 4.75. The fraction of sp³-hybridized carbons (Fsp3) is 0.130. The van der Waals surface area contributed by atoms with Gasteiger partial charge in [-0.25, -0.2) is 0 Å². The molecule has 6 nitrogen and oxygen atoms in total. The van der Waals surface area contributed by atoms with Gasteiger partial charge in [-0.2, -0.15) is 8.78 Å². The minimum Gasteiger partial charge on any atom is -0.486 e. The van der Waals surface area contributed by atoms with E-state index in [-0.39, 0.29) is 12.5 Å². The molecule has 0 atom stereocenters. The van der Waals surface area contributed by atoms with Gasteiger partial charge >= 0.3 is 6.43 Å². The van der Waals surface area contributed by atoms with Gasteiger partial charge < -0.3 is 9.15 Å². The van der Waals surface area contributed by atoms with Crippen LogP contribution in [0.25, 0.3) is 11.5 Å². The summed E-state index contributed by atoms with van der Waals surface area (Å²) in [5, 5.41) is 6.90. The lowest BCUT2D eigenvalue weighted by atomic mass is 10.1. The van der Waals surface area contributed by atoms with Crippen LogP contribution in [-0.4, -0.2) is 20.2 Å². The molecule has 154 valence electrons. The average molecular weight is 418 g/mol. The first kappa shape index (κ1) is 20.2. The summed E-state index contributed by atoms with van der Waals surface area (Å²) in [6, 6.07) is 13.1. The molecule has 1 aromatic carbocycles. The molecule has 3 aromatic heterocycles. The topological polar surface area (TPSA) is 73.9 Å². The summed E-state index contributed by atoms with van der Waals surface area (Å²) in [4.78, 5) is 8.40. The van der Waals surface area contributed by atoms with E-state index in [0.717, 1.165) is 16.7 Å². The van der Waals surface area contributed by atoms with Crippen molar-refractivity contribution in [1.29, 1.82) is 0 Å². The van der Waals surface area contributed by atoms with Gasteiger partial charge in [-0.15, -0.1) is 10.2 Å². The van der Waals surface area contributed by atoms with E-state index >= 15 is 0 Å². The van der Waals surface area contributed by atoms with Crippen molar-refractivity contribution in [3.05, 3.63) is 89.3 Å². The van der Waals surface area contributed by atoms with E-state index in [2.05, 4.69) is 32.0 Å². The first-order valence-electron chi connectivity index (χ1n) is 9.30. The molecule has 3 heterocycles. The first-order valence-corrected chi connectivity index (χ1v) is 9.30. The molecule has 0 aliphatic rings. The summed E-state index contributed by atoms with van der Waals surface area (Å²) in [5.41, 5.74) is 3.88. The zero-order chi connectivity index (χ0) is 21.6. The smallest absolute Gasteiger partial charge is 0.314 e. The molecule has 0 radical (unpaired) electrons. The van der Waals surface area contributed by atoms with E-state index in [1.807, 2.05) is 31.2 Å². The molecule has 0 aliphatic carbocycles. The van der Waals surface area contributed by atoms with Gasteiger partial charge in [0, 0.05) is 23.5 Å². The Balaban J connectivity index is 1.40. The number of ether oxygens (including phenoxy) is 1. The number of halogens is 2. The maximum Gasteiger partial charge on any atom is 0.314 e. The summed E-state index contributed by atoms with van der Waals surface area (Å²) in [6.07, 6.45) is 1.91. The Morgan fingerprint density at radius 3 is 2.61 bits per heavy atom. The lowest BCUT2D eigenvalue weighted by Crippen LogP contribution is -1.99. The number of hydrogen-bond donors (Lipinski definition) is 0. The zero-order valence-corrected chi connectivity index (χ0v) is 16.4. The summed E-state index contributed by atoms with van der Waals surface area (Å²) >= 11 is 0. The first-order chi connectivity index (χ1) is 15.1. The SMILES string of the molecule is Cc1cccc(C#Cc2cncc(OCc3ccc(-c4nnc(C(F)F)o4)cn3)c2)c1. The normalized spacial score (nSPS) is 10.6. The van der Waals surface area contributed by atoms with Crippen molar-refractivity contribution >= 4 is 0 Å². The number of aryl methyl sites for hydroxylation is 1. The Hall–Kier alpha value is -4.12. The highest BCUT2D eigenvalue weighted by atomic mass is 19.3. The van der Waals surface area contributed by atoms with Crippen LogP contribution in [0.1, 0.15) is 34.7 Å². The van der Waals surface area contributed by atoms with Gasteiger partial charge in [0.25, 0.3) is 5.89 Å². The Morgan fingerprint density at radius 2 is 1.87 bits per heavy atom. The third-order valence-corrected chi connectivity index (χ3v) is 4.17. The van der Waals surface area contributed by atoms with Gasteiger partial charge in [-0.1, -0.05) is 24.0 Å². The fourth-order valence-corrected chi connectivity index (χ4v) is 2.67. The van der Waals surface area contributed by atoms with Gasteiger partial charge in [-0.3, -0.25) is 9.97 Å². The summed E-state index contributed by atoms with van der Waals surface area (Å²) in [7, 11) is 0. The Bertz CT molecular complexity index is 1240. The average Bonchev–Trinajstić information content (AvgIpc) is 3.28. The van der Waals surface area contributed by atoms with Crippen molar-refractivity contribution in [2.75, 3.05) is 0 Å². The molecule has 0 amide bonds. The number of pyridine rings is 2. The molecule has 4 aromatic rings. The molecule has 31 heavy (non-hydrogen) atoms. The van der Waals surface area contributed by atoms with Gasteiger partial charge in [0.2, 0.25) is 5.89 Å². The van der Waals surface area contributed by atoms with Crippen LogP contribution in [0.5, 0.6) is 5.75 Å². The second kappa shape index (κ2) is 9.13. The highest BCUT2D eigenvalue weighted by Crippen LogP contribution is 2.23. The van der Waals surface area contributed by atoms with Crippen LogP contribution in [0.3, 0.4) is 0 Å². The van der Waals surface area contributed by atoms with Crippen molar-refractivity contribution in [1.82, 2.24) is 20.2 Å². The Morgan fingerprint density at radius 1 is 1.00 bits per heavy atom. The zero-order valence-electron chi connectivity index (χ0n) is 16.4. The lowest BCUT2D eigenvalue weighted by molar-refractivity contribution is 0.116. The molecular formula is C23H16F2N4O2. The van der Waals surface area contributed by atoms with E-state index in [4.69, 9.17) is 9.15 Å². The number of alkyl halides is 2. The molecule has 0 saturated carbocycles. The van der Waals surface area contributed by atoms with Crippen LogP contribution in [-0.2, 0) is 6.61 Å². The molecular weight excluding hydrogens is 402 g/mol. The molecule has 0 N–H and O–H groups in total. The quantitative estimate of drug-likeness (QED) is 0.436. The minimum absolute atomic E-state index is 0.0145. The molecule has 4 rings (SSSR count). The number of benzene rings is 1.